The monoisotopic (exact) mass is 492 g/mol. The standard InChI is InChI=1S/C19H26F2N4O.HI/c1-4-13(5-2)18-11-16(26-25-18)12-24-19(22-3)23-9-8-14-6-7-15(20)10-17(14)21;/h6-7,10-11,13H,4-5,8-9,12H2,1-3H3,(H2,22,23,24);1H. The highest BCUT2D eigenvalue weighted by molar-refractivity contribution is 14.0. The topological polar surface area (TPSA) is 62.5 Å². The van der Waals surface area contributed by atoms with Crippen LogP contribution in [-0.4, -0.2) is 24.7 Å². The SMILES string of the molecule is CCC(CC)c1cc(CNC(=NC)NCCc2ccc(F)cc2F)on1.I. The summed E-state index contributed by atoms with van der Waals surface area (Å²) < 4.78 is 31.9. The fourth-order valence-electron chi connectivity index (χ4n) is 2.74. The Bertz CT molecular complexity index is 732. The maximum absolute atomic E-state index is 13.6. The molecular weight excluding hydrogens is 465 g/mol. The molecule has 0 aliphatic carbocycles. The van der Waals surface area contributed by atoms with Crippen molar-refractivity contribution in [2.24, 2.45) is 4.99 Å². The van der Waals surface area contributed by atoms with Crippen LogP contribution in [0.2, 0.25) is 0 Å². The van der Waals surface area contributed by atoms with E-state index in [1.807, 2.05) is 6.07 Å². The minimum absolute atomic E-state index is 0. The summed E-state index contributed by atoms with van der Waals surface area (Å²) >= 11 is 0. The van der Waals surface area contributed by atoms with E-state index in [-0.39, 0.29) is 24.0 Å². The summed E-state index contributed by atoms with van der Waals surface area (Å²) in [6.45, 7) is 5.20. The summed E-state index contributed by atoms with van der Waals surface area (Å²) in [5.41, 5.74) is 1.43. The maximum atomic E-state index is 13.6. The van der Waals surface area contributed by atoms with Gasteiger partial charge in [0, 0.05) is 31.6 Å². The number of nitrogens with one attached hydrogen (secondary N) is 2. The van der Waals surface area contributed by atoms with Crippen molar-refractivity contribution >= 4 is 29.9 Å². The van der Waals surface area contributed by atoms with Crippen LogP contribution in [0.15, 0.2) is 33.8 Å². The van der Waals surface area contributed by atoms with Crippen LogP contribution in [0, 0.1) is 11.6 Å². The molecule has 1 aromatic carbocycles. The molecule has 2 aromatic rings. The molecule has 0 saturated carbocycles. The molecule has 0 atom stereocenters. The Morgan fingerprint density at radius 3 is 2.56 bits per heavy atom. The van der Waals surface area contributed by atoms with Gasteiger partial charge in [0.1, 0.15) is 11.6 Å². The first-order valence-electron chi connectivity index (χ1n) is 8.91. The summed E-state index contributed by atoms with van der Waals surface area (Å²) in [6.07, 6.45) is 2.48. The molecule has 0 amide bonds. The number of halogens is 3. The van der Waals surface area contributed by atoms with Crippen LogP contribution in [0.4, 0.5) is 8.78 Å². The Morgan fingerprint density at radius 1 is 1.19 bits per heavy atom. The van der Waals surface area contributed by atoms with Crippen LogP contribution in [-0.2, 0) is 13.0 Å². The first-order valence-corrected chi connectivity index (χ1v) is 8.91. The zero-order valence-electron chi connectivity index (χ0n) is 15.9. The third-order valence-corrected chi connectivity index (χ3v) is 4.34. The van der Waals surface area contributed by atoms with Crippen molar-refractivity contribution in [1.29, 1.82) is 0 Å². The van der Waals surface area contributed by atoms with Crippen molar-refractivity contribution in [3.63, 3.8) is 0 Å². The van der Waals surface area contributed by atoms with Gasteiger partial charge in [-0.05, 0) is 30.9 Å². The summed E-state index contributed by atoms with van der Waals surface area (Å²) in [4.78, 5) is 4.12. The van der Waals surface area contributed by atoms with Crippen molar-refractivity contribution in [3.8, 4) is 0 Å². The number of aliphatic imine (C=N–C) groups is 1. The molecular formula is C19H27F2IN4O. The van der Waals surface area contributed by atoms with E-state index in [4.69, 9.17) is 4.52 Å². The largest absolute Gasteiger partial charge is 0.359 e. The number of nitrogens with zero attached hydrogens (tertiary/aromatic N) is 2. The molecule has 2 N–H and O–H groups in total. The predicted octanol–water partition coefficient (Wildman–Crippen LogP) is 4.38. The van der Waals surface area contributed by atoms with Gasteiger partial charge in [-0.1, -0.05) is 25.1 Å². The van der Waals surface area contributed by atoms with E-state index in [2.05, 4.69) is 34.6 Å². The quantitative estimate of drug-likeness (QED) is 0.326. The van der Waals surface area contributed by atoms with Gasteiger partial charge in [-0.25, -0.2) is 8.78 Å². The molecule has 150 valence electrons. The Hall–Kier alpha value is -1.71. The molecule has 0 spiro atoms. The Kier molecular flexibility index (Phi) is 10.3. The van der Waals surface area contributed by atoms with Crippen LogP contribution in [0.25, 0.3) is 0 Å². The van der Waals surface area contributed by atoms with Gasteiger partial charge in [0.2, 0.25) is 0 Å². The second-order valence-corrected chi connectivity index (χ2v) is 6.07. The van der Waals surface area contributed by atoms with E-state index in [1.165, 1.54) is 12.1 Å². The molecule has 1 aromatic heterocycles. The van der Waals surface area contributed by atoms with E-state index in [0.717, 1.165) is 30.4 Å². The number of hydrogen-bond donors (Lipinski definition) is 2. The smallest absolute Gasteiger partial charge is 0.191 e. The maximum Gasteiger partial charge on any atom is 0.191 e. The summed E-state index contributed by atoms with van der Waals surface area (Å²) in [6, 6.07) is 5.57. The van der Waals surface area contributed by atoms with Gasteiger partial charge in [-0.3, -0.25) is 4.99 Å². The lowest BCUT2D eigenvalue weighted by atomic mass is 9.99. The van der Waals surface area contributed by atoms with Gasteiger partial charge >= 0.3 is 0 Å². The normalized spacial score (nSPS) is 11.4. The average Bonchev–Trinajstić information content (AvgIpc) is 3.09. The van der Waals surface area contributed by atoms with Crippen LogP contribution in [0.5, 0.6) is 0 Å². The number of aromatic nitrogens is 1. The number of guanidine groups is 1. The van der Waals surface area contributed by atoms with Gasteiger partial charge in [-0.2, -0.15) is 0 Å². The minimum atomic E-state index is -0.573. The lowest BCUT2D eigenvalue weighted by Gasteiger charge is -2.11. The minimum Gasteiger partial charge on any atom is -0.359 e. The molecule has 5 nitrogen and oxygen atoms in total. The van der Waals surface area contributed by atoms with Crippen molar-refractivity contribution in [1.82, 2.24) is 15.8 Å². The second kappa shape index (κ2) is 11.9. The first kappa shape index (κ1) is 23.3. The van der Waals surface area contributed by atoms with E-state index in [1.54, 1.807) is 7.05 Å². The third kappa shape index (κ3) is 7.08. The molecule has 0 unspecified atom stereocenters. The Labute approximate surface area is 176 Å². The van der Waals surface area contributed by atoms with Crippen LogP contribution in [0.1, 0.15) is 49.6 Å². The van der Waals surface area contributed by atoms with Crippen LogP contribution in [0.3, 0.4) is 0 Å². The summed E-state index contributed by atoms with van der Waals surface area (Å²) in [5.74, 6) is 0.616. The molecule has 0 saturated heterocycles. The third-order valence-electron chi connectivity index (χ3n) is 4.34. The highest BCUT2D eigenvalue weighted by Crippen LogP contribution is 2.22. The van der Waals surface area contributed by atoms with Crippen molar-refractivity contribution in [2.75, 3.05) is 13.6 Å². The van der Waals surface area contributed by atoms with Gasteiger partial charge in [0.05, 0.1) is 12.2 Å². The zero-order chi connectivity index (χ0) is 18.9. The summed E-state index contributed by atoms with van der Waals surface area (Å²) in [7, 11) is 1.66. The lowest BCUT2D eigenvalue weighted by Crippen LogP contribution is -2.37. The van der Waals surface area contributed by atoms with Gasteiger partial charge in [0.25, 0.3) is 0 Å². The highest BCUT2D eigenvalue weighted by Gasteiger charge is 2.13. The first-order chi connectivity index (χ1) is 12.6. The molecule has 1 heterocycles. The summed E-state index contributed by atoms with van der Waals surface area (Å²) in [5, 5.41) is 10.4. The molecule has 8 heteroatoms. The molecule has 27 heavy (non-hydrogen) atoms. The zero-order valence-corrected chi connectivity index (χ0v) is 18.2. The molecule has 0 radical (unpaired) electrons. The lowest BCUT2D eigenvalue weighted by molar-refractivity contribution is 0.368. The molecule has 0 aliphatic rings. The molecule has 0 fully saturated rings. The van der Waals surface area contributed by atoms with Crippen molar-refractivity contribution < 1.29 is 13.3 Å². The van der Waals surface area contributed by atoms with Gasteiger partial charge in [-0.15, -0.1) is 24.0 Å². The van der Waals surface area contributed by atoms with Gasteiger partial charge in [0.15, 0.2) is 11.7 Å². The fraction of sp³-hybridized carbons (Fsp3) is 0.474. The van der Waals surface area contributed by atoms with Crippen LogP contribution < -0.4 is 10.6 Å². The Morgan fingerprint density at radius 2 is 1.93 bits per heavy atom. The van der Waals surface area contributed by atoms with E-state index in [9.17, 15) is 8.78 Å². The molecule has 0 aliphatic heterocycles. The number of hydrogen-bond acceptors (Lipinski definition) is 3. The van der Waals surface area contributed by atoms with Crippen molar-refractivity contribution in [3.05, 3.63) is 52.9 Å². The number of benzene rings is 1. The van der Waals surface area contributed by atoms with E-state index >= 15 is 0 Å². The van der Waals surface area contributed by atoms with Crippen molar-refractivity contribution in [2.45, 2.75) is 45.6 Å². The molecule has 0 bridgehead atoms. The predicted molar refractivity (Wildman–Crippen MR) is 114 cm³/mol. The van der Waals surface area contributed by atoms with E-state index < -0.39 is 11.6 Å². The fourth-order valence-corrected chi connectivity index (χ4v) is 2.74. The molecule has 2 rings (SSSR count). The second-order valence-electron chi connectivity index (χ2n) is 6.07. The number of rotatable bonds is 8. The van der Waals surface area contributed by atoms with Gasteiger partial charge < -0.3 is 15.2 Å². The Balaban J connectivity index is 0.00000364. The average molecular weight is 492 g/mol. The highest BCUT2D eigenvalue weighted by atomic mass is 127. The van der Waals surface area contributed by atoms with Crippen LogP contribution >= 0.6 is 24.0 Å². The van der Waals surface area contributed by atoms with E-state index in [0.29, 0.717) is 37.0 Å².